The highest BCUT2D eigenvalue weighted by molar-refractivity contribution is 7.86. The first-order chi connectivity index (χ1) is 16.7. The van der Waals surface area contributed by atoms with Gasteiger partial charge in [0, 0.05) is 5.92 Å². The summed E-state index contributed by atoms with van der Waals surface area (Å²) in [5.74, 6) is 0.00845. The molecule has 5 rings (SSSR count). The Kier molecular flexibility index (Phi) is 5.90. The lowest BCUT2D eigenvalue weighted by atomic mass is 9.78. The summed E-state index contributed by atoms with van der Waals surface area (Å²) in [4.78, 5) is 0.173. The average molecular weight is 483 g/mol. The van der Waals surface area contributed by atoms with Crippen LogP contribution in [0, 0.1) is 12.3 Å². The van der Waals surface area contributed by atoms with E-state index in [1.165, 1.54) is 22.3 Å². The third-order valence-electron chi connectivity index (χ3n) is 6.74. The Labute approximate surface area is 208 Å². The van der Waals surface area contributed by atoms with Crippen molar-refractivity contribution in [3.63, 3.8) is 0 Å². The zero-order valence-electron chi connectivity index (χ0n) is 20.5. The Hall–Kier alpha value is -3.21. The molecule has 1 unspecified atom stereocenters. The van der Waals surface area contributed by atoms with Crippen LogP contribution in [0.25, 0.3) is 11.1 Å². The molecule has 0 fully saturated rings. The van der Waals surface area contributed by atoms with Gasteiger partial charge < -0.3 is 0 Å². The second-order valence-electron chi connectivity index (χ2n) is 10.3. The second kappa shape index (κ2) is 8.78. The largest absolute Gasteiger partial charge is 0.297 e. The molecule has 4 heteroatoms. The molecule has 1 atom stereocenters. The van der Waals surface area contributed by atoms with Gasteiger partial charge in [-0.15, -0.1) is 0 Å². The fourth-order valence-electron chi connectivity index (χ4n) is 5.05. The van der Waals surface area contributed by atoms with Gasteiger partial charge in [0.15, 0.2) is 0 Å². The Bertz CT molecular complexity index is 1430. The van der Waals surface area contributed by atoms with E-state index in [1.807, 2.05) is 45.9 Å². The van der Waals surface area contributed by atoms with E-state index >= 15 is 0 Å². The van der Waals surface area contributed by atoms with E-state index in [0.29, 0.717) is 0 Å². The smallest absolute Gasteiger partial charge is 0.258 e. The van der Waals surface area contributed by atoms with Crippen LogP contribution < -0.4 is 0 Å². The van der Waals surface area contributed by atoms with Gasteiger partial charge in [0.1, 0.15) is 6.10 Å². The molecular weight excluding hydrogens is 452 g/mol. The molecule has 0 bridgehead atoms. The summed E-state index contributed by atoms with van der Waals surface area (Å²) in [6.45, 7) is 8.00. The Morgan fingerprint density at radius 1 is 0.686 bits per heavy atom. The monoisotopic (exact) mass is 482 g/mol. The summed E-state index contributed by atoms with van der Waals surface area (Å²) in [6, 6.07) is 31.9. The van der Waals surface area contributed by atoms with Crippen LogP contribution in [0.4, 0.5) is 0 Å². The number of aryl methyl sites for hydroxylation is 1. The zero-order valence-corrected chi connectivity index (χ0v) is 21.3. The lowest BCUT2D eigenvalue weighted by molar-refractivity contribution is 0.0925. The van der Waals surface area contributed by atoms with Gasteiger partial charge in [-0.3, -0.25) is 4.18 Å². The van der Waals surface area contributed by atoms with Crippen molar-refractivity contribution >= 4 is 10.1 Å². The van der Waals surface area contributed by atoms with Crippen molar-refractivity contribution < 1.29 is 12.6 Å². The molecule has 4 aromatic carbocycles. The van der Waals surface area contributed by atoms with E-state index in [2.05, 4.69) is 54.6 Å². The van der Waals surface area contributed by atoms with Gasteiger partial charge in [-0.1, -0.05) is 111 Å². The SMILES string of the molecule is Cc1ccc(S(=O)(=O)OC(c2ccccc2C2c3ccccc3-c3ccccc32)C(C)(C)C)cc1. The van der Waals surface area contributed by atoms with Crippen molar-refractivity contribution in [2.75, 3.05) is 0 Å². The summed E-state index contributed by atoms with van der Waals surface area (Å²) in [5.41, 5.74) is 7.42. The number of hydrogen-bond donors (Lipinski definition) is 0. The predicted octanol–water partition coefficient (Wildman–Crippen LogP) is 7.65. The quantitative estimate of drug-likeness (QED) is 0.242. The van der Waals surface area contributed by atoms with Gasteiger partial charge in [-0.25, -0.2) is 0 Å². The molecule has 0 amide bonds. The normalized spacial score (nSPS) is 14.4. The molecule has 0 radical (unpaired) electrons. The third-order valence-corrected chi connectivity index (χ3v) is 8.04. The Morgan fingerprint density at radius 2 is 1.17 bits per heavy atom. The first-order valence-corrected chi connectivity index (χ1v) is 13.3. The molecule has 0 aliphatic heterocycles. The summed E-state index contributed by atoms with van der Waals surface area (Å²) in [7, 11) is -3.97. The van der Waals surface area contributed by atoms with Gasteiger partial charge in [-0.05, 0) is 57.9 Å². The van der Waals surface area contributed by atoms with Gasteiger partial charge >= 0.3 is 0 Å². The molecule has 178 valence electrons. The fraction of sp³-hybridized carbons (Fsp3) is 0.226. The van der Waals surface area contributed by atoms with Crippen LogP contribution in [0.15, 0.2) is 102 Å². The average Bonchev–Trinajstić information content (AvgIpc) is 3.17. The molecule has 0 saturated heterocycles. The molecule has 0 N–H and O–H groups in total. The maximum absolute atomic E-state index is 13.4. The molecular formula is C31H30O3S. The highest BCUT2D eigenvalue weighted by atomic mass is 32.2. The minimum Gasteiger partial charge on any atom is -0.258 e. The zero-order chi connectivity index (χ0) is 24.8. The number of rotatable bonds is 5. The second-order valence-corrected chi connectivity index (χ2v) is 11.9. The Balaban J connectivity index is 1.65. The molecule has 0 saturated carbocycles. The van der Waals surface area contributed by atoms with Gasteiger partial charge in [0.05, 0.1) is 4.90 Å². The lowest BCUT2D eigenvalue weighted by Crippen LogP contribution is -2.26. The van der Waals surface area contributed by atoms with Crippen molar-refractivity contribution in [2.45, 2.75) is 44.6 Å². The van der Waals surface area contributed by atoms with E-state index in [9.17, 15) is 8.42 Å². The van der Waals surface area contributed by atoms with Crippen LogP contribution in [-0.4, -0.2) is 8.42 Å². The first kappa shape index (κ1) is 23.5. The van der Waals surface area contributed by atoms with Gasteiger partial charge in [0.25, 0.3) is 10.1 Å². The summed E-state index contributed by atoms with van der Waals surface area (Å²) in [5, 5.41) is 0. The highest BCUT2D eigenvalue weighted by Gasteiger charge is 2.38. The van der Waals surface area contributed by atoms with Crippen molar-refractivity contribution in [1.82, 2.24) is 0 Å². The van der Waals surface area contributed by atoms with Crippen LogP contribution in [-0.2, 0) is 14.3 Å². The van der Waals surface area contributed by atoms with E-state index in [4.69, 9.17) is 4.18 Å². The molecule has 0 heterocycles. The van der Waals surface area contributed by atoms with Crippen molar-refractivity contribution in [3.8, 4) is 11.1 Å². The van der Waals surface area contributed by atoms with E-state index in [0.717, 1.165) is 16.7 Å². The molecule has 1 aliphatic carbocycles. The molecule has 0 aromatic heterocycles. The van der Waals surface area contributed by atoms with Gasteiger partial charge in [0.2, 0.25) is 0 Å². The van der Waals surface area contributed by atoms with Crippen LogP contribution in [0.1, 0.15) is 60.6 Å². The number of benzene rings is 4. The molecule has 1 aliphatic rings. The summed E-state index contributed by atoms with van der Waals surface area (Å²) >= 11 is 0. The van der Waals surface area contributed by atoms with E-state index in [-0.39, 0.29) is 10.8 Å². The molecule has 0 spiro atoms. The van der Waals surface area contributed by atoms with Gasteiger partial charge in [-0.2, -0.15) is 8.42 Å². The molecule has 4 aromatic rings. The van der Waals surface area contributed by atoms with Crippen molar-refractivity contribution in [2.24, 2.45) is 5.41 Å². The maximum Gasteiger partial charge on any atom is 0.297 e. The predicted molar refractivity (Wildman–Crippen MR) is 141 cm³/mol. The number of hydrogen-bond acceptors (Lipinski definition) is 3. The van der Waals surface area contributed by atoms with E-state index < -0.39 is 21.6 Å². The van der Waals surface area contributed by atoms with Crippen LogP contribution in [0.5, 0.6) is 0 Å². The van der Waals surface area contributed by atoms with Crippen LogP contribution >= 0.6 is 0 Å². The molecule has 3 nitrogen and oxygen atoms in total. The minimum atomic E-state index is -3.97. The topological polar surface area (TPSA) is 43.4 Å². The van der Waals surface area contributed by atoms with Crippen LogP contribution in [0.2, 0.25) is 0 Å². The van der Waals surface area contributed by atoms with Crippen molar-refractivity contribution in [3.05, 3.63) is 125 Å². The highest BCUT2D eigenvalue weighted by Crippen LogP contribution is 2.51. The Morgan fingerprint density at radius 3 is 1.71 bits per heavy atom. The number of fused-ring (bicyclic) bond motifs is 3. The first-order valence-electron chi connectivity index (χ1n) is 11.9. The molecule has 35 heavy (non-hydrogen) atoms. The minimum absolute atomic E-state index is 0.00845. The standard InChI is InChI=1S/C31H30O3S/c1-21-17-19-22(20-18-21)35(32,33)34-30(31(2,3)4)28-16-10-9-15-27(28)29-25-13-7-5-11-23(25)24-12-6-8-14-26(24)29/h5-20,29-30H,1-4H3. The van der Waals surface area contributed by atoms with Crippen LogP contribution in [0.3, 0.4) is 0 Å². The summed E-state index contributed by atoms with van der Waals surface area (Å²) < 4.78 is 32.8. The van der Waals surface area contributed by atoms with Crippen molar-refractivity contribution in [1.29, 1.82) is 0 Å². The van der Waals surface area contributed by atoms with E-state index in [1.54, 1.807) is 24.3 Å². The maximum atomic E-state index is 13.4. The lowest BCUT2D eigenvalue weighted by Gasteiger charge is -2.33. The summed E-state index contributed by atoms with van der Waals surface area (Å²) in [6.07, 6.45) is -0.662. The third kappa shape index (κ3) is 4.33. The fourth-order valence-corrected chi connectivity index (χ4v) is 6.28.